The molecule has 0 saturated carbocycles. The largest absolute Gasteiger partial charge is 0.392 e. The van der Waals surface area contributed by atoms with E-state index in [4.69, 9.17) is 38.4 Å². The third kappa shape index (κ3) is 4.80. The van der Waals surface area contributed by atoms with Gasteiger partial charge in [0.05, 0.1) is 31.7 Å². The number of aliphatic hydroxyl groups excluding tert-OH is 1. The topological polar surface area (TPSA) is 82.5 Å². The zero-order valence-electron chi connectivity index (χ0n) is 17.1. The minimum Gasteiger partial charge on any atom is -0.392 e. The molecule has 31 heavy (non-hydrogen) atoms. The first-order valence-electron chi connectivity index (χ1n) is 10.2. The molecule has 164 valence electrons. The Morgan fingerprint density at radius 3 is 2.23 bits per heavy atom. The molecule has 0 bridgehead atoms. The molecule has 8 heteroatoms. The van der Waals surface area contributed by atoms with Crippen molar-refractivity contribution >= 4 is 23.2 Å². The summed E-state index contributed by atoms with van der Waals surface area (Å²) >= 11 is 12.3. The summed E-state index contributed by atoms with van der Waals surface area (Å²) in [6, 6.07) is 15.7. The normalized spacial score (nSPS) is 23.8. The lowest BCUT2D eigenvalue weighted by Crippen LogP contribution is -2.39. The van der Waals surface area contributed by atoms with Gasteiger partial charge in [-0.2, -0.15) is 0 Å². The Bertz CT molecular complexity index is 1010. The van der Waals surface area contributed by atoms with Crippen molar-refractivity contribution in [3.8, 4) is 0 Å². The fourth-order valence-corrected chi connectivity index (χ4v) is 4.12. The van der Waals surface area contributed by atoms with Gasteiger partial charge in [0.15, 0.2) is 11.4 Å². The van der Waals surface area contributed by atoms with Crippen molar-refractivity contribution in [2.24, 2.45) is 11.7 Å². The number of benzene rings is 2. The molecule has 1 aliphatic heterocycles. The van der Waals surface area contributed by atoms with Crippen LogP contribution in [0.3, 0.4) is 0 Å². The summed E-state index contributed by atoms with van der Waals surface area (Å²) in [6.07, 6.45) is 0.668. The number of rotatable bonds is 6. The molecule has 2 heterocycles. The van der Waals surface area contributed by atoms with Crippen molar-refractivity contribution in [3.05, 3.63) is 87.4 Å². The van der Waals surface area contributed by atoms with Crippen LogP contribution in [0.5, 0.6) is 0 Å². The summed E-state index contributed by atoms with van der Waals surface area (Å²) in [5.41, 5.74) is 9.57. The van der Waals surface area contributed by atoms with E-state index in [-0.39, 0.29) is 29.9 Å². The number of ether oxygens (including phenoxy) is 2. The summed E-state index contributed by atoms with van der Waals surface area (Å²) in [5, 5.41) is 10.0. The first-order chi connectivity index (χ1) is 15.0. The van der Waals surface area contributed by atoms with Gasteiger partial charge in [0.1, 0.15) is 5.15 Å². The van der Waals surface area contributed by atoms with Gasteiger partial charge < -0.3 is 24.9 Å². The van der Waals surface area contributed by atoms with Crippen LogP contribution >= 0.6 is 23.2 Å². The minimum absolute atomic E-state index is 0.00307. The van der Waals surface area contributed by atoms with Gasteiger partial charge in [-0.3, -0.25) is 0 Å². The van der Waals surface area contributed by atoms with Gasteiger partial charge in [0.2, 0.25) is 0 Å². The first-order valence-corrected chi connectivity index (χ1v) is 10.9. The maximum atomic E-state index is 9.37. The second-order valence-corrected chi connectivity index (χ2v) is 8.46. The van der Waals surface area contributed by atoms with Crippen molar-refractivity contribution < 1.29 is 14.6 Å². The molecule has 1 aliphatic rings. The highest BCUT2D eigenvalue weighted by molar-refractivity contribution is 6.40. The van der Waals surface area contributed by atoms with Crippen molar-refractivity contribution in [2.75, 3.05) is 0 Å². The van der Waals surface area contributed by atoms with Gasteiger partial charge in [-0.25, -0.2) is 4.98 Å². The Labute approximate surface area is 191 Å². The van der Waals surface area contributed by atoms with Crippen LogP contribution in [0.1, 0.15) is 41.6 Å². The Morgan fingerprint density at radius 2 is 1.65 bits per heavy atom. The Kier molecular flexibility index (Phi) is 6.96. The summed E-state index contributed by atoms with van der Waals surface area (Å²) in [7, 11) is 0. The molecule has 0 radical (unpaired) electrons. The maximum absolute atomic E-state index is 9.37. The molecule has 4 atom stereocenters. The number of hydrogen-bond donors (Lipinski definition) is 2. The highest BCUT2D eigenvalue weighted by Gasteiger charge is 2.38. The first kappa shape index (κ1) is 22.3. The van der Waals surface area contributed by atoms with Gasteiger partial charge in [-0.15, -0.1) is 0 Å². The number of nitrogens with zero attached hydrogens (tertiary/aromatic N) is 2. The third-order valence-corrected chi connectivity index (χ3v) is 6.49. The number of aromatic nitrogens is 2. The predicted molar refractivity (Wildman–Crippen MR) is 120 cm³/mol. The zero-order valence-corrected chi connectivity index (χ0v) is 18.6. The highest BCUT2D eigenvalue weighted by atomic mass is 35.5. The highest BCUT2D eigenvalue weighted by Crippen LogP contribution is 2.42. The van der Waals surface area contributed by atoms with Crippen LogP contribution in [0.2, 0.25) is 10.3 Å². The summed E-state index contributed by atoms with van der Waals surface area (Å²) < 4.78 is 14.6. The Balaban J connectivity index is 1.64. The van der Waals surface area contributed by atoms with Gasteiger partial charge in [0, 0.05) is 18.0 Å². The van der Waals surface area contributed by atoms with Crippen LogP contribution in [0, 0.1) is 5.92 Å². The fourth-order valence-electron chi connectivity index (χ4n) is 3.80. The summed E-state index contributed by atoms with van der Waals surface area (Å²) in [6.45, 7) is 3.07. The van der Waals surface area contributed by atoms with Crippen molar-refractivity contribution in [1.82, 2.24) is 9.55 Å². The van der Waals surface area contributed by atoms with Gasteiger partial charge in [0.25, 0.3) is 0 Å². The fraction of sp³-hybridized carbons (Fsp3) is 0.348. The number of nitrogens with two attached hydrogens (primary N) is 1. The summed E-state index contributed by atoms with van der Waals surface area (Å²) in [4.78, 5) is 4.07. The monoisotopic (exact) mass is 461 g/mol. The minimum atomic E-state index is -0.548. The van der Waals surface area contributed by atoms with Crippen LogP contribution < -0.4 is 5.73 Å². The lowest BCUT2D eigenvalue weighted by Gasteiger charge is -2.41. The lowest BCUT2D eigenvalue weighted by molar-refractivity contribution is -0.276. The van der Waals surface area contributed by atoms with E-state index in [1.165, 1.54) is 0 Å². The number of hydrogen-bond acceptors (Lipinski definition) is 5. The van der Waals surface area contributed by atoms with Gasteiger partial charge in [-0.05, 0) is 16.7 Å². The number of imidazole rings is 1. The molecule has 0 spiro atoms. The van der Waals surface area contributed by atoms with Crippen molar-refractivity contribution in [2.45, 2.75) is 45.1 Å². The van der Waals surface area contributed by atoms with E-state index in [9.17, 15) is 5.11 Å². The zero-order chi connectivity index (χ0) is 22.0. The van der Waals surface area contributed by atoms with Crippen LogP contribution in [-0.2, 0) is 29.2 Å². The molecule has 3 N–H and O–H groups in total. The predicted octanol–water partition coefficient (Wildman–Crippen LogP) is 4.63. The Hall–Kier alpha value is -1.93. The Morgan fingerprint density at radius 1 is 1.00 bits per heavy atom. The lowest BCUT2D eigenvalue weighted by atomic mass is 9.90. The van der Waals surface area contributed by atoms with E-state index in [2.05, 4.69) is 11.9 Å². The smallest absolute Gasteiger partial charge is 0.184 e. The van der Waals surface area contributed by atoms with Crippen molar-refractivity contribution in [1.29, 1.82) is 0 Å². The van der Waals surface area contributed by atoms with E-state index in [1.54, 1.807) is 10.9 Å². The molecule has 4 rings (SSSR count). The number of halogens is 2. The molecular formula is C23H25Cl2N3O3. The maximum Gasteiger partial charge on any atom is 0.184 e. The van der Waals surface area contributed by atoms with E-state index < -0.39 is 6.29 Å². The molecule has 0 amide bonds. The second kappa shape index (κ2) is 9.69. The average molecular weight is 462 g/mol. The quantitative estimate of drug-likeness (QED) is 0.558. The van der Waals surface area contributed by atoms with Crippen LogP contribution in [-0.4, -0.2) is 20.8 Å². The third-order valence-electron chi connectivity index (χ3n) is 5.72. The SMILES string of the molecule is C[C@H]1[C@@H](Cn2cnc(Cl)c2Cl)OC(c2ccc(CN)cc2)O[C@H]1c1ccc(CO)cc1. The van der Waals surface area contributed by atoms with Gasteiger partial charge >= 0.3 is 0 Å². The molecule has 3 aromatic rings. The molecule has 1 unspecified atom stereocenters. The van der Waals surface area contributed by atoms with E-state index in [0.29, 0.717) is 18.2 Å². The summed E-state index contributed by atoms with van der Waals surface area (Å²) in [5.74, 6) is 0.0248. The molecular weight excluding hydrogens is 437 g/mol. The van der Waals surface area contributed by atoms with Gasteiger partial charge in [-0.1, -0.05) is 78.7 Å². The molecule has 2 aromatic carbocycles. The standard InChI is InChI=1S/C23H25Cl2N3O3/c1-14-19(11-28-13-27-21(24)22(28)25)30-23(18-8-2-15(10-26)3-9-18)31-20(14)17-6-4-16(12-29)5-7-17/h2-9,13-14,19-20,23,29H,10-12,26H2,1H3/t14-,19+,20+,23?/m0/s1. The van der Waals surface area contributed by atoms with Crippen molar-refractivity contribution in [3.63, 3.8) is 0 Å². The molecule has 1 fully saturated rings. The molecule has 1 aromatic heterocycles. The van der Waals surface area contributed by atoms with E-state index in [0.717, 1.165) is 22.3 Å². The van der Waals surface area contributed by atoms with Crippen LogP contribution in [0.25, 0.3) is 0 Å². The molecule has 0 aliphatic carbocycles. The van der Waals surface area contributed by atoms with Crippen LogP contribution in [0.4, 0.5) is 0 Å². The van der Waals surface area contributed by atoms with E-state index >= 15 is 0 Å². The molecule has 1 saturated heterocycles. The number of aliphatic hydroxyl groups is 1. The molecule has 6 nitrogen and oxygen atoms in total. The second-order valence-electron chi connectivity index (χ2n) is 7.75. The van der Waals surface area contributed by atoms with E-state index in [1.807, 2.05) is 48.5 Å². The van der Waals surface area contributed by atoms with Crippen LogP contribution in [0.15, 0.2) is 54.9 Å². The average Bonchev–Trinajstić information content (AvgIpc) is 3.12.